The summed E-state index contributed by atoms with van der Waals surface area (Å²) in [6.07, 6.45) is 4.93. The van der Waals surface area contributed by atoms with Gasteiger partial charge in [-0.15, -0.1) is 0 Å². The summed E-state index contributed by atoms with van der Waals surface area (Å²) >= 11 is 0. The van der Waals surface area contributed by atoms with Gasteiger partial charge in [-0.3, -0.25) is 9.36 Å². The minimum Gasteiger partial charge on any atom is -0.338 e. The van der Waals surface area contributed by atoms with Gasteiger partial charge in [0.15, 0.2) is 5.69 Å². The van der Waals surface area contributed by atoms with E-state index in [1.54, 1.807) is 42.5 Å². The van der Waals surface area contributed by atoms with Crippen LogP contribution >= 0.6 is 0 Å². The number of fused-ring (bicyclic) bond motifs is 1. The monoisotopic (exact) mass is 394 g/mol. The van der Waals surface area contributed by atoms with E-state index in [9.17, 15) is 14.0 Å². The number of alkyl halides is 1. The largest absolute Gasteiger partial charge is 0.437 e. The Morgan fingerprint density at radius 3 is 2.59 bits per heavy atom. The van der Waals surface area contributed by atoms with Crippen LogP contribution in [0.5, 0.6) is 0 Å². The molecule has 1 saturated heterocycles. The molecule has 7 nitrogen and oxygen atoms in total. The first-order chi connectivity index (χ1) is 13.9. The van der Waals surface area contributed by atoms with E-state index >= 15 is 0 Å². The number of pyridine rings is 2. The predicted octanol–water partition coefficient (Wildman–Crippen LogP) is 2.48. The molecule has 2 amide bonds. The van der Waals surface area contributed by atoms with Crippen molar-refractivity contribution in [2.24, 2.45) is 0 Å². The maximum absolute atomic E-state index is 13.3. The van der Waals surface area contributed by atoms with Gasteiger partial charge in [0.2, 0.25) is 0 Å². The third-order valence-electron chi connectivity index (χ3n) is 5.08. The Morgan fingerprint density at radius 1 is 1.17 bits per heavy atom. The van der Waals surface area contributed by atoms with E-state index in [1.807, 2.05) is 16.8 Å². The zero-order chi connectivity index (χ0) is 20.5. The number of carbonyl (C=O) groups is 2. The summed E-state index contributed by atoms with van der Waals surface area (Å²) in [5.41, 5.74) is 2.23. The molecule has 4 rings (SSSR count). The first kappa shape index (κ1) is 18.9. The van der Waals surface area contributed by atoms with E-state index in [1.165, 1.54) is 4.58 Å². The highest BCUT2D eigenvalue weighted by Crippen LogP contribution is 2.21. The van der Waals surface area contributed by atoms with Crippen molar-refractivity contribution in [3.63, 3.8) is 0 Å². The molecule has 0 aliphatic carbocycles. The van der Waals surface area contributed by atoms with Crippen LogP contribution in [0.15, 0.2) is 42.9 Å². The zero-order valence-corrected chi connectivity index (χ0v) is 16.1. The second-order valence-electron chi connectivity index (χ2n) is 7.19. The molecule has 8 heteroatoms. The van der Waals surface area contributed by atoms with E-state index in [0.717, 1.165) is 11.1 Å². The third-order valence-corrected chi connectivity index (χ3v) is 5.08. The van der Waals surface area contributed by atoms with Crippen molar-refractivity contribution in [2.45, 2.75) is 19.0 Å². The van der Waals surface area contributed by atoms with E-state index in [0.29, 0.717) is 42.8 Å². The lowest BCUT2D eigenvalue weighted by Crippen LogP contribution is -2.39. The molecule has 0 aromatic carbocycles. The average Bonchev–Trinajstić information content (AvgIpc) is 3.16. The standard InChI is InChI=1S/C21H21FN5O2/c1-25(2)21(29)18-4-3-17(13-23-18)27-10-5-14-11-15(12-24-19(14)27)20(28)26-8-6-16(22)7-9-26/h3-5,10-13,16H,1,6-9H2,2H3/q+1. The van der Waals surface area contributed by atoms with Gasteiger partial charge < -0.3 is 4.90 Å². The molecule has 1 aliphatic heterocycles. The fraction of sp³-hybridized carbons (Fsp3) is 0.286. The van der Waals surface area contributed by atoms with Gasteiger partial charge in [-0.1, -0.05) is 0 Å². The Morgan fingerprint density at radius 2 is 1.93 bits per heavy atom. The number of aromatic nitrogens is 3. The van der Waals surface area contributed by atoms with Gasteiger partial charge >= 0.3 is 5.91 Å². The number of piperidine rings is 1. The molecule has 0 saturated carbocycles. The number of amides is 2. The van der Waals surface area contributed by atoms with Crippen molar-refractivity contribution in [3.8, 4) is 5.69 Å². The van der Waals surface area contributed by atoms with Crippen LogP contribution in [0.3, 0.4) is 0 Å². The van der Waals surface area contributed by atoms with E-state index in [2.05, 4.69) is 16.7 Å². The molecule has 3 aromatic heterocycles. The van der Waals surface area contributed by atoms with Gasteiger partial charge in [0.05, 0.1) is 17.4 Å². The van der Waals surface area contributed by atoms with E-state index < -0.39 is 6.17 Å². The number of halogens is 1. The predicted molar refractivity (Wildman–Crippen MR) is 107 cm³/mol. The second kappa shape index (κ2) is 7.54. The molecule has 0 atom stereocenters. The average molecular weight is 394 g/mol. The minimum atomic E-state index is -0.821. The molecule has 0 bridgehead atoms. The molecule has 0 spiro atoms. The Bertz CT molecular complexity index is 1100. The smallest absolute Gasteiger partial charge is 0.338 e. The highest BCUT2D eigenvalue weighted by atomic mass is 19.1. The van der Waals surface area contributed by atoms with Crippen LogP contribution in [0, 0.1) is 0 Å². The van der Waals surface area contributed by atoms with Crippen molar-refractivity contribution in [2.75, 3.05) is 20.1 Å². The van der Waals surface area contributed by atoms with Crippen molar-refractivity contribution >= 4 is 29.6 Å². The van der Waals surface area contributed by atoms with Crippen molar-refractivity contribution in [3.05, 3.63) is 54.1 Å². The Balaban J connectivity index is 1.59. The minimum absolute atomic E-state index is 0.124. The van der Waals surface area contributed by atoms with Crippen molar-refractivity contribution in [1.29, 1.82) is 0 Å². The highest BCUT2D eigenvalue weighted by molar-refractivity contribution is 5.97. The highest BCUT2D eigenvalue weighted by Gasteiger charge is 2.24. The van der Waals surface area contributed by atoms with E-state index in [4.69, 9.17) is 0 Å². The lowest BCUT2D eigenvalue weighted by molar-refractivity contribution is -0.384. The summed E-state index contributed by atoms with van der Waals surface area (Å²) in [4.78, 5) is 35.0. The van der Waals surface area contributed by atoms with Crippen LogP contribution in [-0.4, -0.2) is 68.9 Å². The SMILES string of the molecule is C=[N+](C)C(=O)c1ccc(-n2ccc3cc(C(=O)N4CCC(F)CC4)cnc32)cn1. The van der Waals surface area contributed by atoms with Crippen LogP contribution in [0.1, 0.15) is 33.7 Å². The fourth-order valence-electron chi connectivity index (χ4n) is 3.43. The lowest BCUT2D eigenvalue weighted by Gasteiger charge is -2.28. The van der Waals surface area contributed by atoms with Gasteiger partial charge in [0, 0.05) is 30.9 Å². The first-order valence-electron chi connectivity index (χ1n) is 9.39. The fourth-order valence-corrected chi connectivity index (χ4v) is 3.43. The molecule has 0 radical (unpaired) electrons. The normalized spacial score (nSPS) is 14.9. The topological polar surface area (TPSA) is 71.1 Å². The maximum Gasteiger partial charge on any atom is 0.437 e. The quantitative estimate of drug-likeness (QED) is 0.505. The zero-order valence-electron chi connectivity index (χ0n) is 16.1. The lowest BCUT2D eigenvalue weighted by atomic mass is 10.1. The molecule has 1 fully saturated rings. The van der Waals surface area contributed by atoms with Crippen LogP contribution < -0.4 is 0 Å². The summed E-state index contributed by atoms with van der Waals surface area (Å²) in [7, 11) is 1.57. The second-order valence-corrected chi connectivity index (χ2v) is 7.19. The Labute approximate surface area is 167 Å². The molecule has 148 valence electrons. The summed E-state index contributed by atoms with van der Waals surface area (Å²) in [5, 5.41) is 0.814. The number of likely N-dealkylation sites (tertiary alicyclic amines) is 1. The van der Waals surface area contributed by atoms with Gasteiger partial charge in [-0.05, 0) is 37.1 Å². The number of nitrogens with zero attached hydrogens (tertiary/aromatic N) is 5. The van der Waals surface area contributed by atoms with Gasteiger partial charge in [-0.25, -0.2) is 19.2 Å². The third kappa shape index (κ3) is 3.65. The summed E-state index contributed by atoms with van der Waals surface area (Å²) in [6, 6.07) is 7.09. The Hall–Kier alpha value is -3.42. The molecule has 4 heterocycles. The van der Waals surface area contributed by atoms with Gasteiger partial charge in [0.25, 0.3) is 5.91 Å². The summed E-state index contributed by atoms with van der Waals surface area (Å²) < 4.78 is 16.4. The summed E-state index contributed by atoms with van der Waals surface area (Å²) in [5.74, 6) is -0.395. The van der Waals surface area contributed by atoms with Crippen LogP contribution in [0.4, 0.5) is 4.39 Å². The summed E-state index contributed by atoms with van der Waals surface area (Å²) in [6.45, 7) is 4.42. The van der Waals surface area contributed by atoms with E-state index in [-0.39, 0.29) is 11.8 Å². The van der Waals surface area contributed by atoms with Crippen molar-refractivity contribution in [1.82, 2.24) is 19.4 Å². The number of rotatable bonds is 3. The van der Waals surface area contributed by atoms with Crippen molar-refractivity contribution < 1.29 is 18.6 Å². The number of hydrogen-bond acceptors (Lipinski definition) is 4. The molecule has 3 aromatic rings. The van der Waals surface area contributed by atoms with Crippen LogP contribution in [0.25, 0.3) is 16.7 Å². The molecule has 0 unspecified atom stereocenters. The molecule has 0 N–H and O–H groups in total. The molecular formula is C21H21FN5O2+. The van der Waals surface area contributed by atoms with Gasteiger partial charge in [-0.2, -0.15) is 4.58 Å². The maximum atomic E-state index is 13.3. The van der Waals surface area contributed by atoms with Crippen LogP contribution in [-0.2, 0) is 0 Å². The first-order valence-corrected chi connectivity index (χ1v) is 9.39. The number of carbonyl (C=O) groups excluding carboxylic acids is 2. The molecule has 29 heavy (non-hydrogen) atoms. The Kier molecular flexibility index (Phi) is 4.92. The van der Waals surface area contributed by atoms with Gasteiger partial charge in [0.1, 0.15) is 25.6 Å². The molecular weight excluding hydrogens is 373 g/mol. The number of hydrogen-bond donors (Lipinski definition) is 0. The van der Waals surface area contributed by atoms with Crippen LogP contribution in [0.2, 0.25) is 0 Å². The molecule has 1 aliphatic rings.